The molecule has 0 saturated carbocycles. The normalized spacial score (nSPS) is 14.6. The maximum Gasteiger partial charge on any atom is 0.228 e. The lowest BCUT2D eigenvalue weighted by Crippen LogP contribution is -2.47. The van der Waals surface area contributed by atoms with Gasteiger partial charge in [-0.15, -0.1) is 11.3 Å². The maximum atomic E-state index is 6.15. The highest BCUT2D eigenvalue weighted by Crippen LogP contribution is 2.31. The van der Waals surface area contributed by atoms with Gasteiger partial charge in [0.25, 0.3) is 0 Å². The summed E-state index contributed by atoms with van der Waals surface area (Å²) >= 11 is 7.78. The summed E-state index contributed by atoms with van der Waals surface area (Å²) in [6.07, 6.45) is 0. The van der Waals surface area contributed by atoms with Crippen LogP contribution in [0.4, 0.5) is 23.3 Å². The fraction of sp³-hybridized carbons (Fsp3) is 0.250. The molecule has 7 nitrogen and oxygen atoms in total. The average Bonchev–Trinajstić information content (AvgIpc) is 3.37. The second-order valence-electron chi connectivity index (χ2n) is 7.02. The summed E-state index contributed by atoms with van der Waals surface area (Å²) in [4.78, 5) is 14.2. The largest absolute Gasteiger partial charge is 0.368 e. The molecule has 9 heteroatoms. The second kappa shape index (κ2) is 7.53. The van der Waals surface area contributed by atoms with Crippen LogP contribution in [0.1, 0.15) is 5.69 Å². The Morgan fingerprint density at radius 2 is 1.90 bits per heavy atom. The predicted octanol–water partition coefficient (Wildman–Crippen LogP) is 4.45. The van der Waals surface area contributed by atoms with Gasteiger partial charge >= 0.3 is 0 Å². The molecule has 0 spiro atoms. The van der Waals surface area contributed by atoms with Crippen molar-refractivity contribution in [1.29, 1.82) is 0 Å². The molecule has 29 heavy (non-hydrogen) atoms. The summed E-state index contributed by atoms with van der Waals surface area (Å²) in [5.41, 5.74) is 3.11. The highest BCUT2D eigenvalue weighted by atomic mass is 35.5. The number of anilines is 4. The zero-order valence-corrected chi connectivity index (χ0v) is 17.5. The zero-order valence-electron chi connectivity index (χ0n) is 15.9. The van der Waals surface area contributed by atoms with Gasteiger partial charge < -0.3 is 15.1 Å². The van der Waals surface area contributed by atoms with Crippen LogP contribution < -0.4 is 15.1 Å². The summed E-state index contributed by atoms with van der Waals surface area (Å²) < 4.78 is 1.03. The van der Waals surface area contributed by atoms with Crippen molar-refractivity contribution in [2.24, 2.45) is 0 Å². The number of piperazine rings is 1. The third-order valence-corrected chi connectivity index (χ3v) is 6.13. The van der Waals surface area contributed by atoms with Crippen LogP contribution in [0.5, 0.6) is 0 Å². The van der Waals surface area contributed by atoms with Crippen LogP contribution in [0.3, 0.4) is 0 Å². The number of hydrogen-bond acceptors (Lipinski definition) is 7. The molecule has 1 fully saturated rings. The number of aromatic amines is 1. The van der Waals surface area contributed by atoms with Gasteiger partial charge in [0.2, 0.25) is 5.95 Å². The highest BCUT2D eigenvalue weighted by Gasteiger charge is 2.21. The molecule has 2 N–H and O–H groups in total. The van der Waals surface area contributed by atoms with Crippen LogP contribution in [0, 0.1) is 6.92 Å². The minimum atomic E-state index is 0.747. The summed E-state index contributed by atoms with van der Waals surface area (Å²) in [5, 5.41) is 13.4. The first kappa shape index (κ1) is 18.2. The number of hydrogen-bond donors (Lipinski definition) is 2. The van der Waals surface area contributed by atoms with Crippen LogP contribution >= 0.6 is 22.9 Å². The van der Waals surface area contributed by atoms with Crippen molar-refractivity contribution in [2.45, 2.75) is 6.92 Å². The van der Waals surface area contributed by atoms with E-state index in [4.69, 9.17) is 21.6 Å². The Balaban J connectivity index is 1.38. The molecular formula is C20H20ClN7S. The summed E-state index contributed by atoms with van der Waals surface area (Å²) in [6, 6.07) is 12.0. The number of H-pyrrole nitrogens is 1. The van der Waals surface area contributed by atoms with E-state index >= 15 is 0 Å². The molecule has 148 valence electrons. The molecule has 1 saturated heterocycles. The van der Waals surface area contributed by atoms with Crippen molar-refractivity contribution in [3.8, 4) is 0 Å². The van der Waals surface area contributed by atoms with E-state index in [1.54, 1.807) is 11.3 Å². The van der Waals surface area contributed by atoms with Crippen molar-refractivity contribution in [3.05, 3.63) is 52.5 Å². The van der Waals surface area contributed by atoms with Crippen molar-refractivity contribution in [3.63, 3.8) is 0 Å². The Morgan fingerprint density at radius 3 is 2.66 bits per heavy atom. The van der Waals surface area contributed by atoms with Crippen LogP contribution in [0.2, 0.25) is 5.02 Å². The van der Waals surface area contributed by atoms with Crippen LogP contribution in [0.15, 0.2) is 41.8 Å². The Kier molecular flexibility index (Phi) is 4.73. The topological polar surface area (TPSA) is 73.0 Å². The van der Waals surface area contributed by atoms with E-state index < -0.39 is 0 Å². The fourth-order valence-electron chi connectivity index (χ4n) is 3.52. The van der Waals surface area contributed by atoms with Gasteiger partial charge in [-0.05, 0) is 36.6 Å². The van der Waals surface area contributed by atoms with E-state index in [2.05, 4.69) is 31.4 Å². The second-order valence-corrected chi connectivity index (χ2v) is 8.37. The lowest BCUT2D eigenvalue weighted by atomic mass is 10.2. The fourth-order valence-corrected chi connectivity index (χ4v) is 4.48. The van der Waals surface area contributed by atoms with Gasteiger partial charge in [-0.3, -0.25) is 5.10 Å². The number of nitrogens with one attached hydrogen (secondary N) is 2. The number of nitrogens with zero attached hydrogens (tertiary/aromatic N) is 5. The number of aromatic nitrogens is 4. The van der Waals surface area contributed by atoms with Crippen LogP contribution in [0.25, 0.3) is 10.2 Å². The van der Waals surface area contributed by atoms with Gasteiger partial charge in [-0.1, -0.05) is 17.7 Å². The first-order valence-electron chi connectivity index (χ1n) is 9.45. The summed E-state index contributed by atoms with van der Waals surface area (Å²) in [7, 11) is 0. The Hall–Kier alpha value is -2.84. The SMILES string of the molecule is Cc1cc(Nc2nc(N3CCN(c4cccc(Cl)c4)CC3)nc3ccsc23)n[nH]1. The Morgan fingerprint density at radius 1 is 1.07 bits per heavy atom. The highest BCUT2D eigenvalue weighted by molar-refractivity contribution is 7.17. The minimum Gasteiger partial charge on any atom is -0.368 e. The first-order chi connectivity index (χ1) is 14.2. The Labute approximate surface area is 177 Å². The summed E-state index contributed by atoms with van der Waals surface area (Å²) in [6.45, 7) is 5.47. The van der Waals surface area contributed by atoms with Gasteiger partial charge in [0, 0.05) is 48.6 Å². The van der Waals surface area contributed by atoms with E-state index in [9.17, 15) is 0 Å². The molecule has 1 aliphatic heterocycles. The number of thiophene rings is 1. The van der Waals surface area contributed by atoms with Gasteiger partial charge in [0.15, 0.2) is 11.6 Å². The smallest absolute Gasteiger partial charge is 0.228 e. The monoisotopic (exact) mass is 425 g/mol. The molecule has 0 radical (unpaired) electrons. The molecule has 4 aromatic rings. The van der Waals surface area contributed by atoms with Crippen molar-refractivity contribution < 1.29 is 0 Å². The molecule has 0 aliphatic carbocycles. The third kappa shape index (κ3) is 3.73. The van der Waals surface area contributed by atoms with E-state index in [0.717, 1.165) is 70.4 Å². The molecule has 0 amide bonds. The van der Waals surface area contributed by atoms with E-state index in [1.807, 2.05) is 42.6 Å². The van der Waals surface area contributed by atoms with Gasteiger partial charge in [-0.2, -0.15) is 10.1 Å². The van der Waals surface area contributed by atoms with E-state index in [-0.39, 0.29) is 0 Å². The molecule has 3 aromatic heterocycles. The molecule has 0 unspecified atom stereocenters. The molecule has 1 aliphatic rings. The van der Waals surface area contributed by atoms with Crippen LogP contribution in [-0.2, 0) is 0 Å². The van der Waals surface area contributed by atoms with E-state index in [0.29, 0.717) is 0 Å². The van der Waals surface area contributed by atoms with Crippen LogP contribution in [-0.4, -0.2) is 46.3 Å². The first-order valence-corrected chi connectivity index (χ1v) is 10.7. The van der Waals surface area contributed by atoms with Gasteiger partial charge in [-0.25, -0.2) is 4.98 Å². The lowest BCUT2D eigenvalue weighted by Gasteiger charge is -2.36. The standard InChI is InChI=1S/C20H20ClN7S/c1-13-11-17(26-25-13)23-19-18-16(5-10-29-18)22-20(24-19)28-8-6-27(7-9-28)15-4-2-3-14(21)12-15/h2-5,10-12H,6-9H2,1H3,(H2,22,23,24,25,26). The van der Waals surface area contributed by atoms with E-state index in [1.165, 1.54) is 0 Å². The number of benzene rings is 1. The minimum absolute atomic E-state index is 0.747. The predicted molar refractivity (Wildman–Crippen MR) is 120 cm³/mol. The van der Waals surface area contributed by atoms with Crippen molar-refractivity contribution in [2.75, 3.05) is 41.3 Å². The average molecular weight is 426 g/mol. The molecule has 0 atom stereocenters. The molecule has 4 heterocycles. The quantitative estimate of drug-likeness (QED) is 0.503. The lowest BCUT2D eigenvalue weighted by molar-refractivity contribution is 0.641. The molecule has 5 rings (SSSR count). The number of halogens is 1. The molecule has 0 bridgehead atoms. The molecule has 1 aromatic carbocycles. The number of rotatable bonds is 4. The van der Waals surface area contributed by atoms with Crippen molar-refractivity contribution in [1.82, 2.24) is 20.2 Å². The zero-order chi connectivity index (χ0) is 19.8. The third-order valence-electron chi connectivity index (χ3n) is 4.98. The number of fused-ring (bicyclic) bond motifs is 1. The van der Waals surface area contributed by atoms with Gasteiger partial charge in [0.1, 0.15) is 0 Å². The maximum absolute atomic E-state index is 6.15. The number of aryl methyl sites for hydroxylation is 1. The summed E-state index contributed by atoms with van der Waals surface area (Å²) in [5.74, 6) is 2.30. The Bertz CT molecular complexity index is 1150. The molecular weight excluding hydrogens is 406 g/mol. The van der Waals surface area contributed by atoms with Gasteiger partial charge in [0.05, 0.1) is 10.2 Å². The van der Waals surface area contributed by atoms with Crippen molar-refractivity contribution >= 4 is 56.4 Å².